The molecule has 0 spiro atoms. The summed E-state index contributed by atoms with van der Waals surface area (Å²) >= 11 is 1.34. The van der Waals surface area contributed by atoms with Crippen LogP contribution < -0.4 is 10.2 Å². The van der Waals surface area contributed by atoms with Gasteiger partial charge >= 0.3 is 6.18 Å². The van der Waals surface area contributed by atoms with Crippen LogP contribution in [-0.4, -0.2) is 43.0 Å². The SMILES string of the molecule is CNc1cc(N(C)CCC(F)(F)F)nc(SC)n1. The first-order valence-corrected chi connectivity index (χ1v) is 6.47. The summed E-state index contributed by atoms with van der Waals surface area (Å²) in [5, 5.41) is 3.38. The van der Waals surface area contributed by atoms with Crippen molar-refractivity contribution in [2.75, 3.05) is 37.1 Å². The molecule has 0 radical (unpaired) electrons. The molecule has 1 aromatic rings. The van der Waals surface area contributed by atoms with Crippen LogP contribution in [0.3, 0.4) is 0 Å². The van der Waals surface area contributed by atoms with Crippen molar-refractivity contribution in [2.45, 2.75) is 17.8 Å². The van der Waals surface area contributed by atoms with Crippen molar-refractivity contribution < 1.29 is 13.2 Å². The lowest BCUT2D eigenvalue weighted by atomic mass is 10.3. The second-order valence-electron chi connectivity index (χ2n) is 3.63. The zero-order valence-corrected chi connectivity index (χ0v) is 11.2. The molecule has 0 atom stereocenters. The highest BCUT2D eigenvalue weighted by Gasteiger charge is 2.27. The molecular weight excluding hydrogens is 265 g/mol. The number of nitrogens with one attached hydrogen (secondary N) is 1. The van der Waals surface area contributed by atoms with E-state index in [9.17, 15) is 13.2 Å². The number of aromatic nitrogens is 2. The molecule has 18 heavy (non-hydrogen) atoms. The molecule has 1 heterocycles. The first kappa shape index (κ1) is 14.9. The Balaban J connectivity index is 2.81. The zero-order valence-electron chi connectivity index (χ0n) is 10.4. The summed E-state index contributed by atoms with van der Waals surface area (Å²) in [6, 6.07) is 1.62. The summed E-state index contributed by atoms with van der Waals surface area (Å²) in [6.45, 7) is -0.127. The maximum atomic E-state index is 12.1. The summed E-state index contributed by atoms with van der Waals surface area (Å²) in [4.78, 5) is 9.79. The van der Waals surface area contributed by atoms with E-state index in [1.807, 2.05) is 6.26 Å². The predicted molar refractivity (Wildman–Crippen MR) is 67.3 cm³/mol. The van der Waals surface area contributed by atoms with Gasteiger partial charge < -0.3 is 10.2 Å². The van der Waals surface area contributed by atoms with Gasteiger partial charge in [-0.2, -0.15) is 13.2 Å². The van der Waals surface area contributed by atoms with Crippen LogP contribution in [0.25, 0.3) is 0 Å². The Morgan fingerprint density at radius 2 is 2.06 bits per heavy atom. The average molecular weight is 280 g/mol. The lowest BCUT2D eigenvalue weighted by Crippen LogP contribution is -2.25. The van der Waals surface area contributed by atoms with Crippen LogP contribution in [0.1, 0.15) is 6.42 Å². The molecular formula is C10H15F3N4S. The molecule has 0 saturated heterocycles. The van der Waals surface area contributed by atoms with Crippen molar-refractivity contribution in [2.24, 2.45) is 0 Å². The Bertz CT molecular complexity index is 375. The van der Waals surface area contributed by atoms with E-state index in [-0.39, 0.29) is 6.54 Å². The molecule has 0 aliphatic rings. The van der Waals surface area contributed by atoms with E-state index < -0.39 is 12.6 Å². The summed E-state index contributed by atoms with van der Waals surface area (Å²) in [7, 11) is 3.28. The zero-order chi connectivity index (χ0) is 13.8. The van der Waals surface area contributed by atoms with E-state index in [1.165, 1.54) is 16.7 Å². The van der Waals surface area contributed by atoms with Crippen molar-refractivity contribution >= 4 is 23.4 Å². The highest BCUT2D eigenvalue weighted by atomic mass is 32.2. The fourth-order valence-corrected chi connectivity index (χ4v) is 1.61. The number of thioether (sulfide) groups is 1. The van der Waals surface area contributed by atoms with E-state index in [1.54, 1.807) is 20.2 Å². The van der Waals surface area contributed by atoms with Gasteiger partial charge in [0.1, 0.15) is 11.6 Å². The van der Waals surface area contributed by atoms with Gasteiger partial charge in [-0.3, -0.25) is 0 Å². The molecule has 0 saturated carbocycles. The standard InChI is InChI=1S/C10H15F3N4S/c1-14-7-6-8(16-9(15-7)18-3)17(2)5-4-10(11,12)13/h6H,4-5H2,1-3H3,(H,14,15,16). The number of rotatable bonds is 5. The highest BCUT2D eigenvalue weighted by molar-refractivity contribution is 7.98. The Kier molecular flexibility index (Phi) is 5.06. The molecule has 1 rings (SSSR count). The van der Waals surface area contributed by atoms with Crippen molar-refractivity contribution in [3.63, 3.8) is 0 Å². The number of hydrogen-bond donors (Lipinski definition) is 1. The fraction of sp³-hybridized carbons (Fsp3) is 0.600. The molecule has 0 fully saturated rings. The van der Waals surface area contributed by atoms with E-state index in [0.717, 1.165) is 0 Å². The maximum Gasteiger partial charge on any atom is 0.390 e. The normalized spacial score (nSPS) is 11.4. The van der Waals surface area contributed by atoms with Crippen molar-refractivity contribution in [3.05, 3.63) is 6.07 Å². The topological polar surface area (TPSA) is 41.0 Å². The van der Waals surface area contributed by atoms with Crippen LogP contribution in [0.4, 0.5) is 24.8 Å². The molecule has 0 bridgehead atoms. The lowest BCUT2D eigenvalue weighted by molar-refractivity contribution is -0.132. The number of hydrogen-bond acceptors (Lipinski definition) is 5. The van der Waals surface area contributed by atoms with E-state index in [2.05, 4.69) is 15.3 Å². The Morgan fingerprint density at radius 3 is 2.56 bits per heavy atom. The van der Waals surface area contributed by atoms with Crippen LogP contribution in [-0.2, 0) is 0 Å². The largest absolute Gasteiger partial charge is 0.390 e. The molecule has 0 unspecified atom stereocenters. The molecule has 102 valence electrons. The summed E-state index contributed by atoms with van der Waals surface area (Å²) < 4.78 is 36.4. The number of nitrogens with zero attached hydrogens (tertiary/aromatic N) is 3. The summed E-state index contributed by atoms with van der Waals surface area (Å²) in [6.07, 6.45) is -3.21. The van der Waals surface area contributed by atoms with Crippen LogP contribution in [0, 0.1) is 0 Å². The minimum Gasteiger partial charge on any atom is -0.373 e. The first-order chi connectivity index (χ1) is 8.35. The predicted octanol–water partition coefficient (Wildman–Crippen LogP) is 2.63. The lowest BCUT2D eigenvalue weighted by Gasteiger charge is -2.20. The van der Waals surface area contributed by atoms with Gasteiger partial charge in [0.15, 0.2) is 5.16 Å². The van der Waals surface area contributed by atoms with Gasteiger partial charge in [0.25, 0.3) is 0 Å². The van der Waals surface area contributed by atoms with Crippen molar-refractivity contribution in [1.82, 2.24) is 9.97 Å². The van der Waals surface area contributed by atoms with Crippen LogP contribution in [0.15, 0.2) is 11.2 Å². The van der Waals surface area contributed by atoms with Crippen LogP contribution in [0.5, 0.6) is 0 Å². The molecule has 8 heteroatoms. The molecule has 4 nitrogen and oxygen atoms in total. The maximum absolute atomic E-state index is 12.1. The quantitative estimate of drug-likeness (QED) is 0.663. The number of halogens is 3. The van der Waals surface area contributed by atoms with Crippen LogP contribution in [0.2, 0.25) is 0 Å². The smallest absolute Gasteiger partial charge is 0.373 e. The van der Waals surface area contributed by atoms with Gasteiger partial charge in [0.05, 0.1) is 6.42 Å². The van der Waals surface area contributed by atoms with E-state index in [0.29, 0.717) is 16.8 Å². The molecule has 1 aromatic heterocycles. The fourth-order valence-electron chi connectivity index (χ4n) is 1.24. The van der Waals surface area contributed by atoms with Gasteiger partial charge in [-0.15, -0.1) is 0 Å². The Hall–Kier alpha value is -1.18. The van der Waals surface area contributed by atoms with Crippen molar-refractivity contribution in [1.29, 1.82) is 0 Å². The summed E-state index contributed by atoms with van der Waals surface area (Å²) in [5.41, 5.74) is 0. The van der Waals surface area contributed by atoms with Gasteiger partial charge in [0.2, 0.25) is 0 Å². The first-order valence-electron chi connectivity index (χ1n) is 5.24. The van der Waals surface area contributed by atoms with Crippen LogP contribution >= 0.6 is 11.8 Å². The monoisotopic (exact) mass is 280 g/mol. The molecule has 1 N–H and O–H groups in total. The van der Waals surface area contributed by atoms with Gasteiger partial charge in [-0.05, 0) is 6.26 Å². The minimum atomic E-state index is -4.16. The third-order valence-corrected chi connectivity index (χ3v) is 2.80. The summed E-state index contributed by atoms with van der Waals surface area (Å²) in [5.74, 6) is 1.06. The van der Waals surface area contributed by atoms with E-state index >= 15 is 0 Å². The minimum absolute atomic E-state index is 0.127. The second-order valence-corrected chi connectivity index (χ2v) is 4.41. The van der Waals surface area contributed by atoms with Crippen molar-refractivity contribution in [3.8, 4) is 0 Å². The Morgan fingerprint density at radius 1 is 1.39 bits per heavy atom. The van der Waals surface area contributed by atoms with E-state index in [4.69, 9.17) is 0 Å². The second kappa shape index (κ2) is 6.12. The highest BCUT2D eigenvalue weighted by Crippen LogP contribution is 2.23. The number of alkyl halides is 3. The Labute approximate surface area is 108 Å². The molecule has 0 aromatic carbocycles. The van der Waals surface area contributed by atoms with Gasteiger partial charge in [-0.25, -0.2) is 9.97 Å². The third-order valence-electron chi connectivity index (χ3n) is 2.25. The molecule has 0 amide bonds. The average Bonchev–Trinajstić information content (AvgIpc) is 2.34. The molecule has 0 aliphatic carbocycles. The molecule has 0 aliphatic heterocycles. The van der Waals surface area contributed by atoms with Gasteiger partial charge in [-0.1, -0.05) is 11.8 Å². The van der Waals surface area contributed by atoms with Gasteiger partial charge in [0, 0.05) is 26.7 Å². The number of anilines is 2. The third kappa shape index (κ3) is 4.59.